The molecular weight excluding hydrogens is 284 g/mol. The zero-order valence-electron chi connectivity index (χ0n) is 12.7. The summed E-state index contributed by atoms with van der Waals surface area (Å²) >= 11 is 0. The first-order valence-electron chi connectivity index (χ1n) is 7.79. The lowest BCUT2D eigenvalue weighted by molar-refractivity contribution is -0.136. The SMILES string of the molecule is CCC1c2ccccc2CCN1C(=O)CC1(N)CCC1.Cl. The number of fused-ring (bicyclic) bond motifs is 1. The Labute approximate surface area is 133 Å². The lowest BCUT2D eigenvalue weighted by Crippen LogP contribution is -2.51. The first-order chi connectivity index (χ1) is 9.63. The summed E-state index contributed by atoms with van der Waals surface area (Å²) in [6, 6.07) is 8.76. The largest absolute Gasteiger partial charge is 0.335 e. The molecule has 1 amide bonds. The summed E-state index contributed by atoms with van der Waals surface area (Å²) < 4.78 is 0. The second-order valence-electron chi connectivity index (χ2n) is 6.35. The van der Waals surface area contributed by atoms with E-state index in [0.29, 0.717) is 6.42 Å². The summed E-state index contributed by atoms with van der Waals surface area (Å²) in [5, 5.41) is 0. The first kappa shape index (κ1) is 16.3. The van der Waals surface area contributed by atoms with Gasteiger partial charge in [0.1, 0.15) is 0 Å². The van der Waals surface area contributed by atoms with Crippen molar-refractivity contribution in [2.24, 2.45) is 5.73 Å². The zero-order chi connectivity index (χ0) is 14.2. The van der Waals surface area contributed by atoms with Gasteiger partial charge in [0.25, 0.3) is 0 Å². The van der Waals surface area contributed by atoms with E-state index >= 15 is 0 Å². The molecule has 1 heterocycles. The summed E-state index contributed by atoms with van der Waals surface area (Å²) in [6.07, 6.45) is 5.63. The summed E-state index contributed by atoms with van der Waals surface area (Å²) in [5.74, 6) is 0.244. The molecule has 2 aliphatic rings. The first-order valence-corrected chi connectivity index (χ1v) is 7.79. The predicted octanol–water partition coefficient (Wildman–Crippen LogP) is 3.22. The highest BCUT2D eigenvalue weighted by Crippen LogP contribution is 2.36. The Kier molecular flexibility index (Phi) is 4.95. The number of nitrogens with two attached hydrogens (primary N) is 1. The van der Waals surface area contributed by atoms with Gasteiger partial charge in [0, 0.05) is 18.5 Å². The number of carbonyl (C=O) groups is 1. The average Bonchev–Trinajstić information content (AvgIpc) is 2.44. The monoisotopic (exact) mass is 308 g/mol. The number of benzene rings is 1. The number of rotatable bonds is 3. The van der Waals surface area contributed by atoms with Crippen LogP contribution in [0.1, 0.15) is 56.2 Å². The van der Waals surface area contributed by atoms with Crippen molar-refractivity contribution < 1.29 is 4.79 Å². The van der Waals surface area contributed by atoms with E-state index in [-0.39, 0.29) is 29.9 Å². The minimum Gasteiger partial charge on any atom is -0.335 e. The maximum absolute atomic E-state index is 12.6. The van der Waals surface area contributed by atoms with Gasteiger partial charge in [-0.15, -0.1) is 12.4 Å². The highest BCUT2D eigenvalue weighted by atomic mass is 35.5. The van der Waals surface area contributed by atoms with Gasteiger partial charge in [0.2, 0.25) is 5.91 Å². The van der Waals surface area contributed by atoms with Gasteiger partial charge in [-0.2, -0.15) is 0 Å². The fraction of sp³-hybridized carbons (Fsp3) is 0.588. The Bertz CT molecular complexity index is 513. The van der Waals surface area contributed by atoms with Crippen LogP contribution in [-0.2, 0) is 11.2 Å². The predicted molar refractivity (Wildman–Crippen MR) is 87.5 cm³/mol. The van der Waals surface area contributed by atoms with Crippen molar-refractivity contribution >= 4 is 18.3 Å². The van der Waals surface area contributed by atoms with Crippen molar-refractivity contribution in [3.8, 4) is 0 Å². The number of carbonyl (C=O) groups excluding carboxylic acids is 1. The van der Waals surface area contributed by atoms with E-state index in [1.165, 1.54) is 17.5 Å². The fourth-order valence-corrected chi connectivity index (χ4v) is 3.60. The Balaban J connectivity index is 0.00000161. The quantitative estimate of drug-likeness (QED) is 0.932. The number of amides is 1. The molecule has 4 heteroatoms. The molecule has 1 fully saturated rings. The van der Waals surface area contributed by atoms with Crippen molar-refractivity contribution in [1.82, 2.24) is 4.90 Å². The molecule has 1 atom stereocenters. The van der Waals surface area contributed by atoms with Crippen LogP contribution < -0.4 is 5.73 Å². The van der Waals surface area contributed by atoms with Crippen molar-refractivity contribution in [2.75, 3.05) is 6.54 Å². The second kappa shape index (κ2) is 6.37. The molecule has 1 unspecified atom stereocenters. The molecule has 1 aliphatic carbocycles. The van der Waals surface area contributed by atoms with Gasteiger partial charge >= 0.3 is 0 Å². The van der Waals surface area contributed by atoms with Gasteiger partial charge in [0.05, 0.1) is 6.04 Å². The number of hydrogen-bond donors (Lipinski definition) is 1. The number of halogens is 1. The lowest BCUT2D eigenvalue weighted by atomic mass is 9.75. The van der Waals surface area contributed by atoms with E-state index in [1.807, 2.05) is 0 Å². The Morgan fingerprint density at radius 1 is 1.38 bits per heavy atom. The van der Waals surface area contributed by atoms with Crippen LogP contribution in [-0.4, -0.2) is 22.9 Å². The highest BCUT2D eigenvalue weighted by Gasteiger charge is 2.38. The van der Waals surface area contributed by atoms with E-state index in [4.69, 9.17) is 5.73 Å². The molecule has 116 valence electrons. The molecule has 21 heavy (non-hydrogen) atoms. The zero-order valence-corrected chi connectivity index (χ0v) is 13.5. The van der Waals surface area contributed by atoms with E-state index in [9.17, 15) is 4.79 Å². The molecule has 0 aromatic heterocycles. The third-order valence-electron chi connectivity index (χ3n) is 4.97. The van der Waals surface area contributed by atoms with E-state index in [2.05, 4.69) is 36.1 Å². The number of hydrogen-bond acceptors (Lipinski definition) is 2. The Morgan fingerprint density at radius 3 is 2.71 bits per heavy atom. The van der Waals surface area contributed by atoms with Crippen LogP contribution in [0.15, 0.2) is 24.3 Å². The minimum absolute atomic E-state index is 0. The number of nitrogens with zero attached hydrogens (tertiary/aromatic N) is 1. The molecule has 0 bridgehead atoms. The molecule has 0 radical (unpaired) electrons. The van der Waals surface area contributed by atoms with Crippen molar-refractivity contribution in [3.63, 3.8) is 0 Å². The Hall–Kier alpha value is -1.06. The Morgan fingerprint density at radius 2 is 2.10 bits per heavy atom. The van der Waals surface area contributed by atoms with Crippen LogP contribution >= 0.6 is 12.4 Å². The van der Waals surface area contributed by atoms with E-state index < -0.39 is 0 Å². The highest BCUT2D eigenvalue weighted by molar-refractivity contribution is 5.85. The molecule has 3 nitrogen and oxygen atoms in total. The van der Waals surface area contributed by atoms with Gasteiger partial charge in [-0.3, -0.25) is 4.79 Å². The van der Waals surface area contributed by atoms with Crippen LogP contribution in [0, 0.1) is 0 Å². The smallest absolute Gasteiger partial charge is 0.224 e. The molecular formula is C17H25ClN2O. The molecule has 1 aromatic rings. The molecule has 1 aromatic carbocycles. The van der Waals surface area contributed by atoms with Crippen LogP contribution in [0.3, 0.4) is 0 Å². The summed E-state index contributed by atoms with van der Waals surface area (Å²) in [5.41, 5.74) is 8.75. The third-order valence-corrected chi connectivity index (χ3v) is 4.97. The maximum Gasteiger partial charge on any atom is 0.224 e. The molecule has 0 saturated heterocycles. The molecule has 1 saturated carbocycles. The van der Waals surface area contributed by atoms with Gasteiger partial charge < -0.3 is 10.6 Å². The van der Waals surface area contributed by atoms with Crippen molar-refractivity contribution in [3.05, 3.63) is 35.4 Å². The van der Waals surface area contributed by atoms with Crippen LogP contribution in [0.5, 0.6) is 0 Å². The lowest BCUT2D eigenvalue weighted by Gasteiger charge is -2.42. The fourth-order valence-electron chi connectivity index (χ4n) is 3.60. The second-order valence-corrected chi connectivity index (χ2v) is 6.35. The van der Waals surface area contributed by atoms with Crippen molar-refractivity contribution in [2.45, 2.75) is 57.0 Å². The van der Waals surface area contributed by atoms with Crippen LogP contribution in [0.25, 0.3) is 0 Å². The van der Waals surface area contributed by atoms with Crippen LogP contribution in [0.4, 0.5) is 0 Å². The third kappa shape index (κ3) is 3.09. The van der Waals surface area contributed by atoms with Gasteiger partial charge in [-0.05, 0) is 43.2 Å². The molecule has 1 aliphatic heterocycles. The average molecular weight is 309 g/mol. The summed E-state index contributed by atoms with van der Waals surface area (Å²) in [6.45, 7) is 3.00. The van der Waals surface area contributed by atoms with Gasteiger partial charge in [0.15, 0.2) is 0 Å². The maximum atomic E-state index is 12.6. The standard InChI is InChI=1S/C17H24N2O.ClH/c1-2-15-14-7-4-3-6-13(14)8-11-19(15)16(20)12-17(18)9-5-10-17;/h3-4,6-7,15H,2,5,8-12,18H2,1H3;1H. The molecule has 2 N–H and O–H groups in total. The van der Waals surface area contributed by atoms with E-state index in [1.54, 1.807) is 0 Å². The van der Waals surface area contributed by atoms with E-state index in [0.717, 1.165) is 32.2 Å². The summed E-state index contributed by atoms with van der Waals surface area (Å²) in [7, 11) is 0. The van der Waals surface area contributed by atoms with Crippen LogP contribution in [0.2, 0.25) is 0 Å². The van der Waals surface area contributed by atoms with Gasteiger partial charge in [-0.25, -0.2) is 0 Å². The normalized spacial score (nSPS) is 22.8. The van der Waals surface area contributed by atoms with Crippen molar-refractivity contribution in [1.29, 1.82) is 0 Å². The molecule has 0 spiro atoms. The minimum atomic E-state index is -0.216. The molecule has 3 rings (SSSR count). The topological polar surface area (TPSA) is 46.3 Å². The summed E-state index contributed by atoms with van der Waals surface area (Å²) in [4.78, 5) is 14.7. The van der Waals surface area contributed by atoms with Gasteiger partial charge in [-0.1, -0.05) is 31.2 Å².